The number of hydrogen-bond acceptors (Lipinski definition) is 4. The fraction of sp³-hybridized carbons (Fsp3) is 0.364. The number of fused-ring (bicyclic) bond motifs is 1. The van der Waals surface area contributed by atoms with Crippen molar-refractivity contribution in [3.63, 3.8) is 0 Å². The van der Waals surface area contributed by atoms with E-state index in [-0.39, 0.29) is 12.0 Å². The van der Waals surface area contributed by atoms with Gasteiger partial charge in [-0.25, -0.2) is 0 Å². The fourth-order valence-corrected chi connectivity index (χ4v) is 6.91. The zero-order chi connectivity index (χ0) is 25.3. The molecule has 3 atom stereocenters. The first kappa shape index (κ1) is 24.0. The van der Waals surface area contributed by atoms with Crippen molar-refractivity contribution < 1.29 is 14.3 Å². The van der Waals surface area contributed by atoms with Crippen LogP contribution in [0.25, 0.3) is 0 Å². The number of rotatable bonds is 10. The molecule has 3 aromatic rings. The van der Waals surface area contributed by atoms with E-state index in [9.17, 15) is 4.79 Å². The summed E-state index contributed by atoms with van der Waals surface area (Å²) < 4.78 is 12.7. The van der Waals surface area contributed by atoms with Gasteiger partial charge >= 0.3 is 5.97 Å². The zero-order valence-electron chi connectivity index (χ0n) is 21.6. The molecular formula is C33H35NO3. The number of nitrogens with zero attached hydrogens (tertiary/aromatic N) is 1. The molecule has 1 saturated heterocycles. The Labute approximate surface area is 219 Å². The summed E-state index contributed by atoms with van der Waals surface area (Å²) in [5.74, 6) is -0.131. The normalized spacial score (nSPS) is 25.4. The number of carbonyl (C=O) groups is 1. The lowest BCUT2D eigenvalue weighted by atomic mass is 9.67. The van der Waals surface area contributed by atoms with Crippen LogP contribution in [-0.2, 0) is 32.8 Å². The molecule has 2 heterocycles. The van der Waals surface area contributed by atoms with Crippen molar-refractivity contribution >= 4 is 11.7 Å². The third kappa shape index (κ3) is 3.99. The molecular weight excluding hydrogens is 458 g/mol. The van der Waals surface area contributed by atoms with Gasteiger partial charge in [0.25, 0.3) is 0 Å². The first-order valence-corrected chi connectivity index (χ1v) is 13.6. The van der Waals surface area contributed by atoms with Crippen LogP contribution < -0.4 is 4.90 Å². The summed E-state index contributed by atoms with van der Waals surface area (Å²) in [6, 6.07) is 29.6. The highest BCUT2D eigenvalue weighted by Gasteiger charge is 2.72. The number of esters is 1. The summed E-state index contributed by atoms with van der Waals surface area (Å²) in [5, 5.41) is 0. The van der Waals surface area contributed by atoms with Crippen molar-refractivity contribution in [2.24, 2.45) is 0 Å². The maximum Gasteiger partial charge on any atom is 0.307 e. The van der Waals surface area contributed by atoms with Crippen LogP contribution in [0, 0.1) is 0 Å². The van der Waals surface area contributed by atoms with Crippen molar-refractivity contribution in [3.05, 3.63) is 113 Å². The number of benzene rings is 3. The van der Waals surface area contributed by atoms with Gasteiger partial charge < -0.3 is 14.4 Å². The van der Waals surface area contributed by atoms with Gasteiger partial charge in [0, 0.05) is 12.2 Å². The fourth-order valence-electron chi connectivity index (χ4n) is 6.91. The average Bonchev–Trinajstić information content (AvgIpc) is 3.45. The molecule has 1 fully saturated rings. The molecule has 37 heavy (non-hydrogen) atoms. The molecule has 0 saturated carbocycles. The van der Waals surface area contributed by atoms with Gasteiger partial charge in [0.15, 0.2) is 5.60 Å². The lowest BCUT2D eigenvalue weighted by Gasteiger charge is -2.39. The van der Waals surface area contributed by atoms with Crippen molar-refractivity contribution in [2.75, 3.05) is 11.5 Å². The second kappa shape index (κ2) is 9.83. The topological polar surface area (TPSA) is 38.8 Å². The van der Waals surface area contributed by atoms with E-state index in [0.29, 0.717) is 19.6 Å². The molecule has 0 N–H and O–H groups in total. The Kier molecular flexibility index (Phi) is 6.37. The SMILES string of the molecule is CCCCCC1=C[C@]2(COCc3ccccc3)OC(=O)C[C@@]23c2ccccc2N(Cc2ccccc2)[C@@H]13. The molecule has 1 spiro atoms. The molecule has 0 radical (unpaired) electrons. The maximum absolute atomic E-state index is 13.1. The predicted molar refractivity (Wildman–Crippen MR) is 146 cm³/mol. The molecule has 2 aliphatic heterocycles. The van der Waals surface area contributed by atoms with E-state index in [1.54, 1.807) is 0 Å². The van der Waals surface area contributed by atoms with Crippen LogP contribution in [0.1, 0.15) is 55.7 Å². The molecule has 190 valence electrons. The predicted octanol–water partition coefficient (Wildman–Crippen LogP) is 6.74. The lowest BCUT2D eigenvalue weighted by molar-refractivity contribution is -0.150. The molecule has 3 aromatic carbocycles. The van der Waals surface area contributed by atoms with Gasteiger partial charge in [-0.3, -0.25) is 4.79 Å². The van der Waals surface area contributed by atoms with Gasteiger partial charge in [0.05, 0.1) is 31.1 Å². The van der Waals surface area contributed by atoms with E-state index in [0.717, 1.165) is 24.9 Å². The smallest absolute Gasteiger partial charge is 0.307 e. The minimum Gasteiger partial charge on any atom is -0.451 e. The van der Waals surface area contributed by atoms with Crippen molar-refractivity contribution in [1.29, 1.82) is 0 Å². The number of unbranched alkanes of at least 4 members (excludes halogenated alkanes) is 2. The molecule has 0 aromatic heterocycles. The third-order valence-corrected chi connectivity index (χ3v) is 8.41. The third-order valence-electron chi connectivity index (χ3n) is 8.41. The molecule has 4 heteroatoms. The summed E-state index contributed by atoms with van der Waals surface area (Å²) in [6.45, 7) is 3.89. The Morgan fingerprint density at radius 2 is 1.62 bits per heavy atom. The van der Waals surface area contributed by atoms with Crippen molar-refractivity contribution in [3.8, 4) is 0 Å². The maximum atomic E-state index is 13.1. The summed E-state index contributed by atoms with van der Waals surface area (Å²) in [4.78, 5) is 15.7. The molecule has 0 unspecified atom stereocenters. The largest absolute Gasteiger partial charge is 0.451 e. The van der Waals surface area contributed by atoms with E-state index < -0.39 is 11.0 Å². The number of carbonyl (C=O) groups excluding carboxylic acids is 1. The van der Waals surface area contributed by atoms with Gasteiger partial charge in [-0.2, -0.15) is 0 Å². The molecule has 3 aliphatic rings. The monoisotopic (exact) mass is 493 g/mol. The minimum atomic E-state index is -0.799. The number of para-hydroxylation sites is 1. The minimum absolute atomic E-state index is 0.0775. The Hall–Kier alpha value is -3.37. The van der Waals surface area contributed by atoms with E-state index in [2.05, 4.69) is 84.6 Å². The number of anilines is 1. The Morgan fingerprint density at radius 3 is 2.38 bits per heavy atom. The number of ether oxygens (including phenoxy) is 2. The summed E-state index contributed by atoms with van der Waals surface area (Å²) in [5.41, 5.74) is 4.92. The van der Waals surface area contributed by atoms with Gasteiger partial charge in [-0.05, 0) is 47.2 Å². The Balaban J connectivity index is 1.42. The highest BCUT2D eigenvalue weighted by Crippen LogP contribution is 2.64. The van der Waals surface area contributed by atoms with Crippen LogP contribution >= 0.6 is 0 Å². The molecule has 4 nitrogen and oxygen atoms in total. The van der Waals surface area contributed by atoms with E-state index in [1.165, 1.54) is 35.2 Å². The zero-order valence-corrected chi connectivity index (χ0v) is 21.6. The first-order valence-electron chi connectivity index (χ1n) is 13.6. The van der Waals surface area contributed by atoms with E-state index in [4.69, 9.17) is 9.47 Å². The van der Waals surface area contributed by atoms with Gasteiger partial charge in [0.2, 0.25) is 0 Å². The van der Waals surface area contributed by atoms with Gasteiger partial charge in [-0.15, -0.1) is 0 Å². The van der Waals surface area contributed by atoms with Crippen molar-refractivity contribution in [1.82, 2.24) is 0 Å². The van der Waals surface area contributed by atoms with E-state index >= 15 is 0 Å². The first-order chi connectivity index (χ1) is 18.2. The highest BCUT2D eigenvalue weighted by atomic mass is 16.6. The summed E-state index contributed by atoms with van der Waals surface area (Å²) in [7, 11) is 0. The average molecular weight is 494 g/mol. The highest BCUT2D eigenvalue weighted by molar-refractivity contribution is 5.84. The Morgan fingerprint density at radius 1 is 0.919 bits per heavy atom. The summed E-state index contributed by atoms with van der Waals surface area (Å²) in [6.07, 6.45) is 7.19. The molecule has 1 aliphatic carbocycles. The lowest BCUT2D eigenvalue weighted by Crippen LogP contribution is -2.54. The molecule has 0 bridgehead atoms. The Bertz CT molecular complexity index is 1290. The van der Waals surface area contributed by atoms with Crippen LogP contribution in [0.15, 0.2) is 96.6 Å². The van der Waals surface area contributed by atoms with E-state index in [1.807, 2.05) is 18.2 Å². The van der Waals surface area contributed by atoms with Crippen LogP contribution in [0.2, 0.25) is 0 Å². The van der Waals surface area contributed by atoms with Crippen LogP contribution in [-0.4, -0.2) is 24.2 Å². The summed E-state index contributed by atoms with van der Waals surface area (Å²) >= 11 is 0. The molecule has 0 amide bonds. The van der Waals surface area contributed by atoms with Gasteiger partial charge in [-0.1, -0.05) is 98.6 Å². The number of hydrogen-bond donors (Lipinski definition) is 0. The quantitative estimate of drug-likeness (QED) is 0.178. The van der Waals surface area contributed by atoms with Crippen LogP contribution in [0.4, 0.5) is 5.69 Å². The van der Waals surface area contributed by atoms with Crippen LogP contribution in [0.5, 0.6) is 0 Å². The van der Waals surface area contributed by atoms with Gasteiger partial charge in [0.1, 0.15) is 0 Å². The second-order valence-corrected chi connectivity index (χ2v) is 10.7. The second-order valence-electron chi connectivity index (χ2n) is 10.7. The standard InChI is InChI=1S/C33H35NO3/c1-2-3-6-17-27-20-32(24-36-23-26-15-9-5-10-16-26)33(21-30(35)37-32)28-18-11-12-19-29(28)34(31(27)33)22-25-13-7-4-8-14-25/h4-5,7-16,18-20,31H,2-3,6,17,21-24H2,1H3/t31-,32+,33-/m0/s1. The van der Waals surface area contributed by atoms with Crippen LogP contribution in [0.3, 0.4) is 0 Å². The van der Waals surface area contributed by atoms with Crippen molar-refractivity contribution in [2.45, 2.75) is 69.2 Å². The molecule has 6 rings (SSSR count).